The number of halogens is 1. The van der Waals surface area contributed by atoms with E-state index >= 15 is 0 Å². The Morgan fingerprint density at radius 3 is 2.48 bits per heavy atom. The number of amides is 1. The van der Waals surface area contributed by atoms with Gasteiger partial charge in [-0.1, -0.05) is 29.8 Å². The zero-order chi connectivity index (χ0) is 15.5. The fourth-order valence-electron chi connectivity index (χ4n) is 1.68. The van der Waals surface area contributed by atoms with Crippen molar-refractivity contribution in [1.82, 2.24) is 4.72 Å². The van der Waals surface area contributed by atoms with Crippen molar-refractivity contribution in [3.05, 3.63) is 59.1 Å². The van der Waals surface area contributed by atoms with Gasteiger partial charge in [-0.15, -0.1) is 0 Å². The second-order valence-corrected chi connectivity index (χ2v) is 6.46. The molecule has 0 atom stereocenters. The van der Waals surface area contributed by atoms with Gasteiger partial charge in [0.2, 0.25) is 10.0 Å². The number of sulfonamides is 1. The minimum Gasteiger partial charge on any atom is -0.321 e. The maximum absolute atomic E-state index is 12.1. The van der Waals surface area contributed by atoms with Gasteiger partial charge < -0.3 is 5.32 Å². The molecule has 2 N–H and O–H groups in total. The monoisotopic (exact) mass is 324 g/mol. The van der Waals surface area contributed by atoms with Crippen LogP contribution in [0.4, 0.5) is 5.69 Å². The van der Waals surface area contributed by atoms with E-state index < -0.39 is 15.9 Å². The van der Waals surface area contributed by atoms with E-state index in [4.69, 9.17) is 11.6 Å². The molecular weight excluding hydrogens is 312 g/mol. The molecular formula is C14H13ClN2O3S. The summed E-state index contributed by atoms with van der Waals surface area (Å²) in [5, 5.41) is 3.04. The summed E-state index contributed by atoms with van der Waals surface area (Å²) < 4.78 is 25.7. The second kappa shape index (κ2) is 6.26. The highest BCUT2D eigenvalue weighted by molar-refractivity contribution is 7.89. The third kappa shape index (κ3) is 3.60. The molecule has 110 valence electrons. The third-order valence-electron chi connectivity index (χ3n) is 2.80. The summed E-state index contributed by atoms with van der Waals surface area (Å²) in [6.07, 6.45) is 0. The van der Waals surface area contributed by atoms with Gasteiger partial charge in [0.15, 0.2) is 0 Å². The summed E-state index contributed by atoms with van der Waals surface area (Å²) in [6, 6.07) is 12.6. The number of hydrogen-bond donors (Lipinski definition) is 2. The van der Waals surface area contributed by atoms with Crippen LogP contribution in [0.2, 0.25) is 5.02 Å². The standard InChI is InChI=1S/C14H13ClN2O3S/c1-16-21(19,20)11-6-4-5-10(9-11)14(18)17-13-8-3-2-7-12(13)15/h2-9,16H,1H3,(H,17,18). The summed E-state index contributed by atoms with van der Waals surface area (Å²) in [7, 11) is -2.28. The average molecular weight is 325 g/mol. The van der Waals surface area contributed by atoms with Crippen LogP contribution in [-0.4, -0.2) is 21.4 Å². The van der Waals surface area contributed by atoms with Crippen LogP contribution in [-0.2, 0) is 10.0 Å². The summed E-state index contributed by atoms with van der Waals surface area (Å²) in [4.78, 5) is 12.2. The van der Waals surface area contributed by atoms with Gasteiger partial charge in [-0.05, 0) is 37.4 Å². The molecule has 2 aromatic rings. The van der Waals surface area contributed by atoms with Crippen molar-refractivity contribution in [3.63, 3.8) is 0 Å². The van der Waals surface area contributed by atoms with Crippen LogP contribution < -0.4 is 10.0 Å². The van der Waals surface area contributed by atoms with Crippen LogP contribution in [0.15, 0.2) is 53.4 Å². The maximum Gasteiger partial charge on any atom is 0.255 e. The quantitative estimate of drug-likeness (QED) is 0.907. The van der Waals surface area contributed by atoms with Crippen molar-refractivity contribution >= 4 is 33.2 Å². The highest BCUT2D eigenvalue weighted by Crippen LogP contribution is 2.21. The normalized spacial score (nSPS) is 11.1. The summed E-state index contributed by atoms with van der Waals surface area (Å²) in [5.74, 6) is -0.434. The number of para-hydroxylation sites is 1. The lowest BCUT2D eigenvalue weighted by molar-refractivity contribution is 0.102. The van der Waals surface area contributed by atoms with Crippen molar-refractivity contribution in [3.8, 4) is 0 Å². The lowest BCUT2D eigenvalue weighted by atomic mass is 10.2. The Balaban J connectivity index is 2.29. The molecule has 0 bridgehead atoms. The molecule has 2 aromatic carbocycles. The van der Waals surface area contributed by atoms with Crippen molar-refractivity contribution in [1.29, 1.82) is 0 Å². The SMILES string of the molecule is CNS(=O)(=O)c1cccc(C(=O)Nc2ccccc2Cl)c1. The zero-order valence-corrected chi connectivity index (χ0v) is 12.7. The summed E-state index contributed by atoms with van der Waals surface area (Å²) in [5.41, 5.74) is 0.692. The first-order valence-electron chi connectivity index (χ1n) is 6.03. The van der Waals surface area contributed by atoms with Gasteiger partial charge in [0.25, 0.3) is 5.91 Å². The molecule has 0 radical (unpaired) electrons. The molecule has 0 aliphatic heterocycles. The Labute approximate surface area is 128 Å². The molecule has 0 spiro atoms. The molecule has 1 amide bonds. The van der Waals surface area contributed by atoms with Crippen molar-refractivity contribution in [2.75, 3.05) is 12.4 Å². The third-order valence-corrected chi connectivity index (χ3v) is 4.54. The Kier molecular flexibility index (Phi) is 4.62. The number of nitrogens with one attached hydrogen (secondary N) is 2. The van der Waals surface area contributed by atoms with Crippen molar-refractivity contribution in [2.24, 2.45) is 0 Å². The fraction of sp³-hybridized carbons (Fsp3) is 0.0714. The fourth-order valence-corrected chi connectivity index (χ4v) is 2.64. The second-order valence-electron chi connectivity index (χ2n) is 4.17. The van der Waals surface area contributed by atoms with E-state index in [-0.39, 0.29) is 10.5 Å². The van der Waals surface area contributed by atoms with E-state index in [2.05, 4.69) is 10.0 Å². The molecule has 0 aliphatic carbocycles. The maximum atomic E-state index is 12.1. The van der Waals surface area contributed by atoms with Gasteiger partial charge in [0.1, 0.15) is 0 Å². The van der Waals surface area contributed by atoms with E-state index in [9.17, 15) is 13.2 Å². The van der Waals surface area contributed by atoms with E-state index in [0.717, 1.165) is 0 Å². The zero-order valence-electron chi connectivity index (χ0n) is 11.1. The first-order valence-corrected chi connectivity index (χ1v) is 7.89. The summed E-state index contributed by atoms with van der Waals surface area (Å²) in [6.45, 7) is 0. The molecule has 0 fully saturated rings. The van der Waals surface area contributed by atoms with Gasteiger partial charge in [0.05, 0.1) is 15.6 Å². The van der Waals surface area contributed by atoms with E-state index in [1.807, 2.05) is 0 Å². The molecule has 0 heterocycles. The molecule has 0 saturated carbocycles. The molecule has 7 heteroatoms. The van der Waals surface area contributed by atoms with Crippen LogP contribution in [0, 0.1) is 0 Å². The van der Waals surface area contributed by atoms with Crippen molar-refractivity contribution < 1.29 is 13.2 Å². The Morgan fingerprint density at radius 2 is 1.81 bits per heavy atom. The number of anilines is 1. The first kappa shape index (κ1) is 15.5. The predicted molar refractivity (Wildman–Crippen MR) is 82.1 cm³/mol. The van der Waals surface area contributed by atoms with Crippen LogP contribution in [0.1, 0.15) is 10.4 Å². The lowest BCUT2D eigenvalue weighted by Crippen LogP contribution is -2.19. The van der Waals surface area contributed by atoms with E-state index in [1.54, 1.807) is 24.3 Å². The van der Waals surface area contributed by atoms with Crippen LogP contribution in [0.25, 0.3) is 0 Å². The van der Waals surface area contributed by atoms with Gasteiger partial charge in [-0.25, -0.2) is 13.1 Å². The Hall–Kier alpha value is -1.89. The highest BCUT2D eigenvalue weighted by atomic mass is 35.5. The number of carbonyl (C=O) groups excluding carboxylic acids is 1. The first-order chi connectivity index (χ1) is 9.94. The predicted octanol–water partition coefficient (Wildman–Crippen LogP) is 2.50. The largest absolute Gasteiger partial charge is 0.321 e. The minimum absolute atomic E-state index is 0.0248. The van der Waals surface area contributed by atoms with Gasteiger partial charge in [0, 0.05) is 5.56 Å². The lowest BCUT2D eigenvalue weighted by Gasteiger charge is -2.08. The molecule has 0 aliphatic rings. The van der Waals surface area contributed by atoms with E-state index in [0.29, 0.717) is 10.7 Å². The molecule has 21 heavy (non-hydrogen) atoms. The van der Waals surface area contributed by atoms with Crippen molar-refractivity contribution in [2.45, 2.75) is 4.90 Å². The highest BCUT2D eigenvalue weighted by Gasteiger charge is 2.14. The molecule has 0 aromatic heterocycles. The number of hydrogen-bond acceptors (Lipinski definition) is 3. The minimum atomic E-state index is -3.59. The average Bonchev–Trinajstić information content (AvgIpc) is 2.49. The molecule has 2 rings (SSSR count). The smallest absolute Gasteiger partial charge is 0.255 e. The topological polar surface area (TPSA) is 75.3 Å². The number of carbonyl (C=O) groups is 1. The van der Waals surface area contributed by atoms with Gasteiger partial charge >= 0.3 is 0 Å². The van der Waals surface area contributed by atoms with Crippen LogP contribution >= 0.6 is 11.6 Å². The summed E-state index contributed by atoms with van der Waals surface area (Å²) >= 11 is 5.96. The molecule has 0 unspecified atom stereocenters. The Bertz CT molecular complexity index is 775. The van der Waals surface area contributed by atoms with Crippen LogP contribution in [0.3, 0.4) is 0 Å². The van der Waals surface area contributed by atoms with Crippen LogP contribution in [0.5, 0.6) is 0 Å². The van der Waals surface area contributed by atoms with Gasteiger partial charge in [-0.2, -0.15) is 0 Å². The van der Waals surface area contributed by atoms with Gasteiger partial charge in [-0.3, -0.25) is 4.79 Å². The Morgan fingerprint density at radius 1 is 1.10 bits per heavy atom. The molecule has 5 nitrogen and oxygen atoms in total. The molecule has 0 saturated heterocycles. The van der Waals surface area contributed by atoms with E-state index in [1.165, 1.54) is 31.3 Å². The number of benzene rings is 2. The number of rotatable bonds is 4.